The van der Waals surface area contributed by atoms with E-state index >= 15 is 0 Å². The van der Waals surface area contributed by atoms with Gasteiger partial charge in [0.05, 0.1) is 41.0 Å². The van der Waals surface area contributed by atoms with E-state index in [2.05, 4.69) is 38.3 Å². The molecular formula is C26H28N6O2. The number of pyridine rings is 1. The highest BCUT2D eigenvalue weighted by molar-refractivity contribution is 6.14. The minimum absolute atomic E-state index is 0.441. The Balaban J connectivity index is 1.51. The SMILES string of the molecule is COc1cc2c(cc1-c1c(C)noc1C)[nH]c1ccnc(Nc3cc(C)nn3C3CCCC3)c12. The van der Waals surface area contributed by atoms with Crippen LogP contribution in [0, 0.1) is 20.8 Å². The predicted octanol–water partition coefficient (Wildman–Crippen LogP) is 6.36. The van der Waals surface area contributed by atoms with E-state index in [0.717, 1.165) is 67.5 Å². The van der Waals surface area contributed by atoms with Crippen molar-refractivity contribution >= 4 is 33.4 Å². The smallest absolute Gasteiger partial charge is 0.141 e. The average molecular weight is 457 g/mol. The van der Waals surface area contributed by atoms with Crippen LogP contribution < -0.4 is 10.1 Å². The van der Waals surface area contributed by atoms with Crippen molar-refractivity contribution in [2.75, 3.05) is 12.4 Å². The molecule has 1 saturated carbocycles. The first-order valence-corrected chi connectivity index (χ1v) is 11.8. The van der Waals surface area contributed by atoms with Gasteiger partial charge in [0, 0.05) is 28.7 Å². The lowest BCUT2D eigenvalue weighted by molar-refractivity contribution is 0.393. The number of anilines is 2. The molecule has 34 heavy (non-hydrogen) atoms. The highest BCUT2D eigenvalue weighted by atomic mass is 16.5. The van der Waals surface area contributed by atoms with Crippen molar-refractivity contribution in [2.45, 2.75) is 52.5 Å². The van der Waals surface area contributed by atoms with Gasteiger partial charge in [-0.05, 0) is 51.8 Å². The number of ether oxygens (including phenoxy) is 1. The second-order valence-corrected chi connectivity index (χ2v) is 9.18. The van der Waals surface area contributed by atoms with Crippen molar-refractivity contribution in [1.82, 2.24) is 24.9 Å². The van der Waals surface area contributed by atoms with E-state index < -0.39 is 0 Å². The largest absolute Gasteiger partial charge is 0.496 e. The fourth-order valence-electron chi connectivity index (χ4n) is 5.36. The van der Waals surface area contributed by atoms with Crippen molar-refractivity contribution in [2.24, 2.45) is 0 Å². The molecule has 4 aromatic heterocycles. The Kier molecular flexibility index (Phi) is 4.83. The number of methoxy groups -OCH3 is 1. The molecule has 0 saturated heterocycles. The number of hydrogen-bond acceptors (Lipinski definition) is 6. The van der Waals surface area contributed by atoms with Gasteiger partial charge in [0.1, 0.15) is 23.1 Å². The van der Waals surface area contributed by atoms with Gasteiger partial charge in [0.15, 0.2) is 0 Å². The Bertz CT molecular complexity index is 1500. The van der Waals surface area contributed by atoms with Crippen LogP contribution in [0.1, 0.15) is 48.9 Å². The lowest BCUT2D eigenvalue weighted by Gasteiger charge is -2.15. The summed E-state index contributed by atoms with van der Waals surface area (Å²) in [5.41, 5.74) is 5.77. The number of nitrogens with one attached hydrogen (secondary N) is 2. The minimum Gasteiger partial charge on any atom is -0.496 e. The summed E-state index contributed by atoms with van der Waals surface area (Å²) in [5.74, 6) is 3.32. The molecule has 0 aliphatic heterocycles. The highest BCUT2D eigenvalue weighted by Crippen LogP contribution is 2.41. The standard InChI is InChI=1S/C26H28N6O2/c1-14-11-23(32(30-14)17-7-5-6-8-17)29-26-25-18-13-22(33-4)19(24-15(2)31-34-16(24)3)12-21(18)28-20(25)9-10-27-26/h9-13,17,28H,5-8H2,1-4H3,(H,27,29). The summed E-state index contributed by atoms with van der Waals surface area (Å²) in [6.07, 6.45) is 6.68. The average Bonchev–Trinajstić information content (AvgIpc) is 3.60. The van der Waals surface area contributed by atoms with Crippen LogP contribution in [0.15, 0.2) is 35.0 Å². The van der Waals surface area contributed by atoms with E-state index in [4.69, 9.17) is 19.3 Å². The van der Waals surface area contributed by atoms with Crippen molar-refractivity contribution in [3.05, 3.63) is 47.6 Å². The number of aromatic amines is 1. The molecule has 8 heteroatoms. The second kappa shape index (κ2) is 7.90. The third-order valence-corrected chi connectivity index (χ3v) is 6.91. The third-order valence-electron chi connectivity index (χ3n) is 6.91. The molecule has 0 unspecified atom stereocenters. The van der Waals surface area contributed by atoms with Crippen LogP contribution in [0.2, 0.25) is 0 Å². The van der Waals surface area contributed by atoms with Gasteiger partial charge < -0.3 is 19.6 Å². The van der Waals surface area contributed by atoms with Crippen LogP contribution in [0.5, 0.6) is 5.75 Å². The summed E-state index contributed by atoms with van der Waals surface area (Å²) in [5, 5.41) is 14.6. The van der Waals surface area contributed by atoms with Crippen molar-refractivity contribution < 1.29 is 9.26 Å². The molecule has 0 radical (unpaired) electrons. The Morgan fingerprint density at radius 1 is 1.12 bits per heavy atom. The zero-order chi connectivity index (χ0) is 23.4. The van der Waals surface area contributed by atoms with E-state index in [-0.39, 0.29) is 0 Å². The molecule has 0 bridgehead atoms. The summed E-state index contributed by atoms with van der Waals surface area (Å²) in [6.45, 7) is 5.91. The summed E-state index contributed by atoms with van der Waals surface area (Å²) >= 11 is 0. The number of benzene rings is 1. The van der Waals surface area contributed by atoms with Gasteiger partial charge in [-0.3, -0.25) is 0 Å². The number of hydrogen-bond donors (Lipinski definition) is 2. The summed E-state index contributed by atoms with van der Waals surface area (Å²) in [7, 11) is 1.69. The molecule has 1 aliphatic rings. The first-order chi connectivity index (χ1) is 16.5. The van der Waals surface area contributed by atoms with Gasteiger partial charge in [0.25, 0.3) is 0 Å². The lowest BCUT2D eigenvalue weighted by Crippen LogP contribution is -2.10. The maximum Gasteiger partial charge on any atom is 0.141 e. The number of rotatable bonds is 5. The first-order valence-electron chi connectivity index (χ1n) is 11.8. The molecule has 174 valence electrons. The molecule has 1 fully saturated rings. The minimum atomic E-state index is 0.441. The maximum absolute atomic E-state index is 5.82. The lowest BCUT2D eigenvalue weighted by atomic mass is 10.0. The third kappa shape index (κ3) is 3.24. The molecule has 6 rings (SSSR count). The summed E-state index contributed by atoms with van der Waals surface area (Å²) < 4.78 is 13.4. The quantitative estimate of drug-likeness (QED) is 0.320. The fraction of sp³-hybridized carbons (Fsp3) is 0.346. The van der Waals surface area contributed by atoms with E-state index in [1.807, 2.05) is 33.0 Å². The molecule has 0 atom stereocenters. The van der Waals surface area contributed by atoms with Crippen molar-refractivity contribution in [3.8, 4) is 16.9 Å². The molecule has 1 aliphatic carbocycles. The monoisotopic (exact) mass is 456 g/mol. The Hall–Kier alpha value is -3.81. The molecule has 5 aromatic rings. The van der Waals surface area contributed by atoms with Crippen LogP contribution in [0.25, 0.3) is 32.9 Å². The molecule has 4 heterocycles. The molecule has 0 amide bonds. The predicted molar refractivity (Wildman–Crippen MR) is 133 cm³/mol. The van der Waals surface area contributed by atoms with Crippen LogP contribution in [-0.2, 0) is 0 Å². The molecule has 8 nitrogen and oxygen atoms in total. The molecule has 1 aromatic carbocycles. The number of nitrogens with zero attached hydrogens (tertiary/aromatic N) is 4. The van der Waals surface area contributed by atoms with Gasteiger partial charge in [0.2, 0.25) is 0 Å². The summed E-state index contributed by atoms with van der Waals surface area (Å²) in [4.78, 5) is 8.28. The second-order valence-electron chi connectivity index (χ2n) is 9.18. The van der Waals surface area contributed by atoms with E-state index in [1.54, 1.807) is 7.11 Å². The van der Waals surface area contributed by atoms with Crippen LogP contribution in [0.3, 0.4) is 0 Å². The van der Waals surface area contributed by atoms with Crippen LogP contribution in [-0.4, -0.2) is 32.0 Å². The number of fused-ring (bicyclic) bond motifs is 3. The zero-order valence-corrected chi connectivity index (χ0v) is 19.9. The molecular weight excluding hydrogens is 428 g/mol. The van der Waals surface area contributed by atoms with E-state index in [0.29, 0.717) is 6.04 Å². The van der Waals surface area contributed by atoms with Gasteiger partial charge in [-0.25, -0.2) is 9.67 Å². The van der Waals surface area contributed by atoms with E-state index in [1.165, 1.54) is 25.7 Å². The number of H-pyrrole nitrogens is 1. The topological polar surface area (TPSA) is 93.8 Å². The highest BCUT2D eigenvalue weighted by Gasteiger charge is 2.23. The normalized spacial score (nSPS) is 14.5. The zero-order valence-electron chi connectivity index (χ0n) is 19.9. The first kappa shape index (κ1) is 20.8. The Labute approximate surface area is 197 Å². The number of aryl methyl sites for hydroxylation is 3. The number of aromatic nitrogens is 5. The van der Waals surface area contributed by atoms with Gasteiger partial charge in [-0.1, -0.05) is 18.0 Å². The summed E-state index contributed by atoms with van der Waals surface area (Å²) in [6, 6.07) is 8.72. The van der Waals surface area contributed by atoms with Crippen molar-refractivity contribution in [3.63, 3.8) is 0 Å². The molecule has 2 N–H and O–H groups in total. The van der Waals surface area contributed by atoms with Crippen molar-refractivity contribution in [1.29, 1.82) is 0 Å². The van der Waals surface area contributed by atoms with Gasteiger partial charge in [-0.2, -0.15) is 5.10 Å². The maximum atomic E-state index is 5.82. The Morgan fingerprint density at radius 2 is 1.94 bits per heavy atom. The van der Waals surface area contributed by atoms with E-state index in [9.17, 15) is 0 Å². The van der Waals surface area contributed by atoms with Gasteiger partial charge >= 0.3 is 0 Å². The van der Waals surface area contributed by atoms with Crippen LogP contribution in [0.4, 0.5) is 11.6 Å². The fourth-order valence-corrected chi connectivity index (χ4v) is 5.36. The van der Waals surface area contributed by atoms with Gasteiger partial charge in [-0.15, -0.1) is 0 Å². The Morgan fingerprint density at radius 3 is 2.68 bits per heavy atom. The van der Waals surface area contributed by atoms with Crippen LogP contribution >= 0.6 is 0 Å². The molecule has 0 spiro atoms.